The topological polar surface area (TPSA) is 22.1 Å². The highest BCUT2D eigenvalue weighted by atomic mass is 15.5. The summed E-state index contributed by atoms with van der Waals surface area (Å²) in [5.74, 6) is 0. The van der Waals surface area contributed by atoms with Crippen LogP contribution in [-0.2, 0) is 0 Å². The lowest BCUT2D eigenvalue weighted by atomic mass is 10.1. The van der Waals surface area contributed by atoms with Crippen molar-refractivity contribution in [1.29, 1.82) is 0 Å². The van der Waals surface area contributed by atoms with Crippen LogP contribution in [0.2, 0.25) is 0 Å². The Morgan fingerprint density at radius 1 is 0.771 bits per heavy atom. The van der Waals surface area contributed by atoms with Gasteiger partial charge in [0.15, 0.2) is 0 Å². The minimum absolute atomic E-state index is 0.176. The fourth-order valence-electron chi connectivity index (χ4n) is 4.32. The summed E-state index contributed by atoms with van der Waals surface area (Å²) in [5.41, 5.74) is 7.05. The second kappa shape index (κ2) is 11.6. The van der Waals surface area contributed by atoms with Crippen molar-refractivity contribution in [2.24, 2.45) is 5.10 Å². The van der Waals surface area contributed by atoms with Gasteiger partial charge >= 0.3 is 0 Å². The van der Waals surface area contributed by atoms with Crippen LogP contribution < -0.4 is 14.8 Å². The molecule has 1 aliphatic rings. The van der Waals surface area contributed by atoms with Gasteiger partial charge in [-0.05, 0) is 67.4 Å². The molecule has 0 radical (unpaired) electrons. The van der Waals surface area contributed by atoms with Gasteiger partial charge in [0.05, 0.1) is 17.4 Å². The Hall–Kier alpha value is -3.79. The zero-order valence-corrected chi connectivity index (χ0v) is 21.3. The zero-order valence-electron chi connectivity index (χ0n) is 21.3. The molecule has 0 spiro atoms. The Morgan fingerprint density at radius 2 is 1.37 bits per heavy atom. The van der Waals surface area contributed by atoms with E-state index in [-0.39, 0.29) is 6.04 Å². The molecule has 0 fully saturated rings. The van der Waals surface area contributed by atoms with Crippen LogP contribution in [0.4, 0.5) is 17.1 Å². The van der Waals surface area contributed by atoms with E-state index < -0.39 is 0 Å². The molecule has 1 unspecified atom stereocenters. The summed E-state index contributed by atoms with van der Waals surface area (Å²) in [6, 6.07) is 28.0. The van der Waals surface area contributed by atoms with E-state index in [0.29, 0.717) is 0 Å². The predicted molar refractivity (Wildman–Crippen MR) is 154 cm³/mol. The van der Waals surface area contributed by atoms with Crippen LogP contribution in [0.15, 0.2) is 96.1 Å². The maximum Gasteiger partial charge on any atom is 0.0765 e. The van der Waals surface area contributed by atoms with E-state index in [2.05, 4.69) is 140 Å². The average Bonchev–Trinajstić information content (AvgIpc) is 3.31. The molecule has 0 N–H and O–H groups in total. The van der Waals surface area contributed by atoms with Crippen molar-refractivity contribution in [3.8, 4) is 0 Å². The highest BCUT2D eigenvalue weighted by Gasteiger charge is 2.24. The summed E-state index contributed by atoms with van der Waals surface area (Å²) in [6.07, 6.45) is 9.66. The van der Waals surface area contributed by atoms with E-state index in [0.717, 1.165) is 30.9 Å². The number of nitrogens with zero attached hydrogens (tertiary/aromatic N) is 4. The maximum atomic E-state index is 4.97. The molecule has 1 aliphatic heterocycles. The molecule has 0 amide bonds. The number of para-hydroxylation sites is 1. The summed E-state index contributed by atoms with van der Waals surface area (Å²) in [4.78, 5) is 4.47. The number of anilines is 3. The zero-order chi connectivity index (χ0) is 24.6. The van der Waals surface area contributed by atoms with Crippen LogP contribution in [0.25, 0.3) is 12.2 Å². The van der Waals surface area contributed by atoms with Gasteiger partial charge in [-0.15, -0.1) is 0 Å². The normalized spacial score (nSPS) is 15.7. The summed E-state index contributed by atoms with van der Waals surface area (Å²) in [5, 5.41) is 7.11. The Labute approximate surface area is 210 Å². The molecule has 3 aromatic rings. The van der Waals surface area contributed by atoms with Crippen molar-refractivity contribution in [2.45, 2.75) is 26.3 Å². The van der Waals surface area contributed by atoms with Crippen LogP contribution in [-0.4, -0.2) is 38.9 Å². The minimum atomic E-state index is 0.176. The van der Waals surface area contributed by atoms with E-state index in [9.17, 15) is 0 Å². The number of hydrogen-bond donors (Lipinski definition) is 0. The molecule has 1 atom stereocenters. The van der Waals surface area contributed by atoms with Gasteiger partial charge in [-0.2, -0.15) is 5.10 Å². The van der Waals surface area contributed by atoms with E-state index in [1.54, 1.807) is 0 Å². The first-order chi connectivity index (χ1) is 17.1. The van der Waals surface area contributed by atoms with E-state index in [1.807, 2.05) is 6.07 Å². The number of allylic oxidation sites excluding steroid dienone is 1. The van der Waals surface area contributed by atoms with Gasteiger partial charge in [0.25, 0.3) is 0 Å². The lowest BCUT2D eigenvalue weighted by Gasteiger charge is -2.20. The first kappa shape index (κ1) is 24.3. The fraction of sp³-hybridized carbons (Fsp3) is 0.258. The van der Waals surface area contributed by atoms with Crippen LogP contribution in [0.3, 0.4) is 0 Å². The number of rotatable bonds is 9. The maximum absolute atomic E-state index is 4.97. The summed E-state index contributed by atoms with van der Waals surface area (Å²) in [6.45, 7) is 6.43. The van der Waals surface area contributed by atoms with Gasteiger partial charge in [0.2, 0.25) is 0 Å². The van der Waals surface area contributed by atoms with Gasteiger partial charge in [0, 0.05) is 45.0 Å². The SMILES string of the molecule is CCN(CC)c1ccc(C=CC2=NN(c3ccccc3)C(C=Cc3ccc(N(C)C)cc3)C2)cc1. The number of benzene rings is 3. The molecular formula is C31H36N4. The third kappa shape index (κ3) is 6.21. The molecule has 0 saturated heterocycles. The third-order valence-electron chi connectivity index (χ3n) is 6.40. The summed E-state index contributed by atoms with van der Waals surface area (Å²) >= 11 is 0. The van der Waals surface area contributed by atoms with Crippen LogP contribution in [0, 0.1) is 0 Å². The predicted octanol–water partition coefficient (Wildman–Crippen LogP) is 6.96. The molecular weight excluding hydrogens is 428 g/mol. The molecule has 0 bridgehead atoms. The van der Waals surface area contributed by atoms with E-state index in [4.69, 9.17) is 5.10 Å². The number of hydrazone groups is 1. The van der Waals surface area contributed by atoms with Gasteiger partial charge in [-0.25, -0.2) is 0 Å². The van der Waals surface area contributed by atoms with Crippen LogP contribution in [0.1, 0.15) is 31.4 Å². The van der Waals surface area contributed by atoms with Gasteiger partial charge in [0.1, 0.15) is 0 Å². The largest absolute Gasteiger partial charge is 0.378 e. The lowest BCUT2D eigenvalue weighted by Crippen LogP contribution is -2.23. The first-order valence-corrected chi connectivity index (χ1v) is 12.5. The van der Waals surface area contributed by atoms with E-state index in [1.165, 1.54) is 22.5 Å². The van der Waals surface area contributed by atoms with Crippen molar-refractivity contribution in [3.63, 3.8) is 0 Å². The molecule has 0 aliphatic carbocycles. The number of hydrogen-bond acceptors (Lipinski definition) is 4. The molecule has 0 aromatic heterocycles. The highest BCUT2D eigenvalue weighted by molar-refractivity contribution is 6.01. The van der Waals surface area contributed by atoms with Crippen molar-refractivity contribution in [1.82, 2.24) is 0 Å². The smallest absolute Gasteiger partial charge is 0.0765 e. The van der Waals surface area contributed by atoms with Gasteiger partial charge in [-0.3, -0.25) is 5.01 Å². The van der Waals surface area contributed by atoms with Crippen molar-refractivity contribution >= 4 is 34.9 Å². The molecule has 180 valence electrons. The Bertz CT molecular complexity index is 1150. The Kier molecular flexibility index (Phi) is 8.04. The third-order valence-corrected chi connectivity index (χ3v) is 6.40. The highest BCUT2D eigenvalue weighted by Crippen LogP contribution is 2.27. The van der Waals surface area contributed by atoms with Crippen molar-refractivity contribution in [2.75, 3.05) is 42.0 Å². The van der Waals surface area contributed by atoms with Crippen molar-refractivity contribution in [3.05, 3.63) is 102 Å². The van der Waals surface area contributed by atoms with Crippen molar-refractivity contribution < 1.29 is 0 Å². The summed E-state index contributed by atoms with van der Waals surface area (Å²) in [7, 11) is 4.12. The molecule has 1 heterocycles. The fourth-order valence-corrected chi connectivity index (χ4v) is 4.32. The molecule has 35 heavy (non-hydrogen) atoms. The molecule has 0 saturated carbocycles. The van der Waals surface area contributed by atoms with Gasteiger partial charge < -0.3 is 9.80 Å². The lowest BCUT2D eigenvalue weighted by molar-refractivity contribution is 0.791. The Morgan fingerprint density at radius 3 is 1.97 bits per heavy atom. The molecule has 4 nitrogen and oxygen atoms in total. The van der Waals surface area contributed by atoms with Crippen LogP contribution in [0.5, 0.6) is 0 Å². The van der Waals surface area contributed by atoms with Gasteiger partial charge in [-0.1, -0.05) is 60.7 Å². The monoisotopic (exact) mass is 464 g/mol. The second-order valence-corrected chi connectivity index (χ2v) is 8.99. The molecule has 4 rings (SSSR count). The average molecular weight is 465 g/mol. The second-order valence-electron chi connectivity index (χ2n) is 8.99. The first-order valence-electron chi connectivity index (χ1n) is 12.5. The summed E-state index contributed by atoms with van der Waals surface area (Å²) < 4.78 is 0. The van der Waals surface area contributed by atoms with Crippen LogP contribution >= 0.6 is 0 Å². The quantitative estimate of drug-likeness (QED) is 0.342. The standard InChI is InChI=1S/C31H36N4/c1-5-34(6-2)29-21-15-25(16-22-29)12-18-27-24-31(35(32-27)30-10-8-7-9-11-30)23-17-26-13-19-28(20-14-26)33(3)4/h7-23,31H,5-6,24H2,1-4H3. The van der Waals surface area contributed by atoms with E-state index >= 15 is 0 Å². The Balaban J connectivity index is 1.50. The molecule has 4 heteroatoms. The molecule has 3 aromatic carbocycles. The minimum Gasteiger partial charge on any atom is -0.378 e.